The van der Waals surface area contributed by atoms with Gasteiger partial charge < -0.3 is 28.7 Å². The zero-order valence-corrected chi connectivity index (χ0v) is 27.9. The summed E-state index contributed by atoms with van der Waals surface area (Å²) < 4.78 is 16.0. The first-order chi connectivity index (χ1) is 22.7. The molecule has 6 rings (SSSR count). The summed E-state index contributed by atoms with van der Waals surface area (Å²) in [5.74, 6) is 0.742. The van der Waals surface area contributed by atoms with Crippen molar-refractivity contribution < 1.29 is 23.2 Å². The van der Waals surface area contributed by atoms with Crippen molar-refractivity contribution in [2.45, 2.75) is 84.8 Å². The summed E-state index contributed by atoms with van der Waals surface area (Å²) >= 11 is 0. The lowest BCUT2D eigenvalue weighted by Crippen LogP contribution is -2.57. The number of aryl methyl sites for hydroxylation is 1. The van der Waals surface area contributed by atoms with E-state index in [1.807, 2.05) is 36.1 Å². The van der Waals surface area contributed by atoms with Crippen LogP contribution in [0.2, 0.25) is 0 Å². The van der Waals surface area contributed by atoms with Gasteiger partial charge in [0.25, 0.3) is 5.91 Å². The van der Waals surface area contributed by atoms with E-state index in [1.54, 1.807) is 13.1 Å². The molecule has 0 radical (unpaired) electrons. The van der Waals surface area contributed by atoms with Crippen LogP contribution in [0, 0.1) is 12.3 Å². The normalized spacial score (nSPS) is 21.3. The Balaban J connectivity index is 1.26. The Morgan fingerprint density at radius 3 is 2.62 bits per heavy atom. The fourth-order valence-corrected chi connectivity index (χ4v) is 7.37. The molecular formula is C35H46N6O6. The topological polar surface area (TPSA) is 134 Å². The Morgan fingerprint density at radius 1 is 1.09 bits per heavy atom. The van der Waals surface area contributed by atoms with Crippen LogP contribution in [-0.2, 0) is 11.3 Å². The Labute approximate surface area is 275 Å². The molecule has 12 nitrogen and oxygen atoms in total. The molecule has 47 heavy (non-hydrogen) atoms. The first-order valence-electron chi connectivity index (χ1n) is 17.0. The lowest BCUT2D eigenvalue weighted by atomic mass is 9.86. The van der Waals surface area contributed by atoms with Crippen LogP contribution in [0.25, 0.3) is 11.3 Å². The molecule has 0 spiro atoms. The van der Waals surface area contributed by atoms with Crippen LogP contribution >= 0.6 is 0 Å². The van der Waals surface area contributed by atoms with Crippen molar-refractivity contribution >= 4 is 17.5 Å². The summed E-state index contributed by atoms with van der Waals surface area (Å²) in [6.45, 7) is 11.9. The molecule has 2 amide bonds. The van der Waals surface area contributed by atoms with E-state index in [0.717, 1.165) is 50.8 Å². The first-order valence-corrected chi connectivity index (χ1v) is 17.0. The number of likely N-dealkylation sites (tertiary alicyclic amines) is 1. The molecule has 3 fully saturated rings. The number of carbonyl (C=O) groups is 2. The van der Waals surface area contributed by atoms with Gasteiger partial charge >= 0.3 is 5.82 Å². The van der Waals surface area contributed by atoms with Crippen LogP contribution < -0.4 is 20.8 Å². The van der Waals surface area contributed by atoms with Crippen molar-refractivity contribution in [2.75, 3.05) is 44.2 Å². The second kappa shape index (κ2) is 13.9. The molecule has 3 aromatic heterocycles. The third-order valence-electron chi connectivity index (χ3n) is 10.0. The van der Waals surface area contributed by atoms with E-state index in [1.165, 1.54) is 0 Å². The van der Waals surface area contributed by atoms with Gasteiger partial charge in [-0.15, -0.1) is 0 Å². The van der Waals surface area contributed by atoms with Gasteiger partial charge in [-0.25, -0.2) is 14.8 Å². The molecule has 1 N–H and O–H groups in total. The van der Waals surface area contributed by atoms with Gasteiger partial charge in [-0.05, 0) is 63.8 Å². The van der Waals surface area contributed by atoms with Gasteiger partial charge in [0.2, 0.25) is 11.8 Å². The Bertz CT molecular complexity index is 1650. The number of anilines is 1. The number of rotatable bonds is 10. The minimum Gasteiger partial charge on any atom is -0.477 e. The maximum absolute atomic E-state index is 14.2. The predicted molar refractivity (Wildman–Crippen MR) is 176 cm³/mol. The van der Waals surface area contributed by atoms with Crippen LogP contribution in [0.5, 0.6) is 5.88 Å². The summed E-state index contributed by atoms with van der Waals surface area (Å²) in [6.07, 6.45) is 7.36. The number of piperazine rings is 1. The third-order valence-corrected chi connectivity index (χ3v) is 10.0. The van der Waals surface area contributed by atoms with Gasteiger partial charge in [0.15, 0.2) is 11.5 Å². The lowest BCUT2D eigenvalue weighted by Gasteiger charge is -2.45. The van der Waals surface area contributed by atoms with Gasteiger partial charge in [-0.2, -0.15) is 0 Å². The molecule has 2 atom stereocenters. The molecule has 0 aromatic carbocycles. The van der Waals surface area contributed by atoms with E-state index >= 15 is 0 Å². The molecule has 12 heteroatoms. The number of hydrogen-bond donors (Lipinski definition) is 1. The quantitative estimate of drug-likeness (QED) is 0.338. The largest absolute Gasteiger partial charge is 0.519 e. The number of hydrogen-bond acceptors (Lipinski definition) is 10. The highest BCUT2D eigenvalue weighted by atomic mass is 16.6. The van der Waals surface area contributed by atoms with Gasteiger partial charge in [-0.3, -0.25) is 14.5 Å². The molecule has 3 aromatic rings. The highest BCUT2D eigenvalue weighted by Crippen LogP contribution is 2.40. The lowest BCUT2D eigenvalue weighted by molar-refractivity contribution is -0.141. The third kappa shape index (κ3) is 6.93. The van der Waals surface area contributed by atoms with Gasteiger partial charge in [0.05, 0.1) is 30.1 Å². The van der Waals surface area contributed by atoms with E-state index in [0.29, 0.717) is 73.7 Å². The second-order valence-corrected chi connectivity index (χ2v) is 13.3. The number of nitrogens with zero attached hydrogens (tertiary/aromatic N) is 5. The van der Waals surface area contributed by atoms with E-state index in [-0.39, 0.29) is 29.3 Å². The van der Waals surface area contributed by atoms with E-state index < -0.39 is 5.82 Å². The molecule has 252 valence electrons. The van der Waals surface area contributed by atoms with E-state index in [2.05, 4.69) is 33.9 Å². The maximum Gasteiger partial charge on any atom is 0.519 e. The molecule has 1 saturated carbocycles. The van der Waals surface area contributed by atoms with E-state index in [4.69, 9.17) is 18.6 Å². The molecule has 3 aliphatic rings. The molecule has 2 saturated heterocycles. The molecule has 1 unspecified atom stereocenters. The van der Waals surface area contributed by atoms with Crippen molar-refractivity contribution in [1.82, 2.24) is 25.1 Å². The fourth-order valence-electron chi connectivity index (χ4n) is 7.37. The maximum atomic E-state index is 14.2. The monoisotopic (exact) mass is 646 g/mol. The number of pyridine rings is 2. The van der Waals surface area contributed by atoms with Gasteiger partial charge in [0.1, 0.15) is 5.76 Å². The zero-order chi connectivity index (χ0) is 33.1. The first kappa shape index (κ1) is 32.7. The summed E-state index contributed by atoms with van der Waals surface area (Å²) in [6, 6.07) is 7.56. The van der Waals surface area contributed by atoms with Crippen LogP contribution in [0.4, 0.5) is 5.69 Å². The molecule has 0 bridgehead atoms. The highest BCUT2D eigenvalue weighted by molar-refractivity contribution is 5.99. The smallest absolute Gasteiger partial charge is 0.477 e. The van der Waals surface area contributed by atoms with Crippen LogP contribution in [0.3, 0.4) is 0 Å². The number of nitrogens with one attached hydrogen (secondary N) is 1. The Hall–Kier alpha value is -4.19. The second-order valence-electron chi connectivity index (χ2n) is 13.3. The average Bonchev–Trinajstić information content (AvgIpc) is 3.80. The standard InChI is InChI=1S/C35H46N6O6/c1-5-25-21-40(33(43)35(4)14-7-8-15-35)18-19-41(25)28-12-11-27(26-10-9-16-36-32(26)45-6-2)38-30(28)31(42)37-24-13-17-39(20-24)22-29-23(3)46-34(44)47-29/h9-12,16,24-25H,5-8,13-15,17-22H2,1-4H3,(H,37,42)/t24?,25-/m1/s1. The van der Waals surface area contributed by atoms with Crippen molar-refractivity contribution in [3.8, 4) is 17.1 Å². The summed E-state index contributed by atoms with van der Waals surface area (Å²) in [7, 11) is 0. The van der Waals surface area contributed by atoms with Crippen molar-refractivity contribution in [3.63, 3.8) is 0 Å². The summed E-state index contributed by atoms with van der Waals surface area (Å²) in [4.78, 5) is 55.1. The van der Waals surface area contributed by atoms with Gasteiger partial charge in [-0.1, -0.05) is 26.7 Å². The minimum absolute atomic E-state index is 0.0455. The van der Waals surface area contributed by atoms with Crippen molar-refractivity contribution in [2.24, 2.45) is 5.41 Å². The summed E-state index contributed by atoms with van der Waals surface area (Å²) in [5, 5.41) is 3.23. The fraction of sp³-hybridized carbons (Fsp3) is 0.571. The number of carbonyl (C=O) groups excluding carboxylic acids is 2. The summed E-state index contributed by atoms with van der Waals surface area (Å²) in [5.41, 5.74) is 2.14. The van der Waals surface area contributed by atoms with Crippen LogP contribution in [0.15, 0.2) is 44.1 Å². The number of ether oxygens (including phenoxy) is 1. The predicted octanol–water partition coefficient (Wildman–Crippen LogP) is 4.41. The Kier molecular flexibility index (Phi) is 9.67. The SMILES string of the molecule is CCOc1ncccc1-c1ccc(N2CCN(C(=O)C3(C)CCCC3)C[C@H]2CC)c(C(=O)NC2CCN(Cc3oc(=O)oc3C)C2)n1. The van der Waals surface area contributed by atoms with Crippen LogP contribution in [0.1, 0.15) is 81.3 Å². The molecular weight excluding hydrogens is 600 g/mol. The van der Waals surface area contributed by atoms with E-state index in [9.17, 15) is 14.4 Å². The number of aromatic nitrogens is 2. The van der Waals surface area contributed by atoms with Crippen molar-refractivity contribution in [3.05, 3.63) is 58.3 Å². The molecule has 1 aliphatic carbocycles. The number of amides is 2. The molecule has 5 heterocycles. The minimum atomic E-state index is -0.704. The molecule has 2 aliphatic heterocycles. The zero-order valence-electron chi connectivity index (χ0n) is 27.9. The highest BCUT2D eigenvalue weighted by Gasteiger charge is 2.42. The van der Waals surface area contributed by atoms with Crippen molar-refractivity contribution in [1.29, 1.82) is 0 Å². The average molecular weight is 647 g/mol. The van der Waals surface area contributed by atoms with Gasteiger partial charge in [0, 0.05) is 56.4 Å². The Morgan fingerprint density at radius 2 is 1.89 bits per heavy atom. The van der Waals surface area contributed by atoms with Crippen LogP contribution in [-0.4, -0.2) is 83.0 Å².